The van der Waals surface area contributed by atoms with Crippen LogP contribution in [-0.4, -0.2) is 13.2 Å². The Balaban J connectivity index is 2.89. The Morgan fingerprint density at radius 2 is 2.00 bits per heavy atom. The first-order valence-electron chi connectivity index (χ1n) is 4.15. The van der Waals surface area contributed by atoms with Gasteiger partial charge in [0.15, 0.2) is 0 Å². The highest BCUT2D eigenvalue weighted by molar-refractivity contribution is 6.31. The van der Waals surface area contributed by atoms with Gasteiger partial charge in [-0.25, -0.2) is 0 Å². The van der Waals surface area contributed by atoms with E-state index in [2.05, 4.69) is 0 Å². The van der Waals surface area contributed by atoms with Crippen molar-refractivity contribution in [2.45, 2.75) is 6.18 Å². The molecule has 0 unspecified atom stereocenters. The normalized spacial score (nSPS) is 11.5. The molecular weight excluding hydrogens is 231 g/mol. The van der Waals surface area contributed by atoms with Crippen LogP contribution in [0.2, 0.25) is 5.02 Å². The molecule has 0 amide bonds. The predicted octanol–water partition coefficient (Wildman–Crippen LogP) is 2.70. The zero-order chi connectivity index (χ0) is 11.5. The Bertz CT molecular complexity index is 341. The van der Waals surface area contributed by atoms with E-state index in [1.54, 1.807) is 0 Å². The molecule has 0 aliphatic rings. The third-order valence-electron chi connectivity index (χ3n) is 1.63. The van der Waals surface area contributed by atoms with Gasteiger partial charge >= 0.3 is 6.18 Å². The Morgan fingerprint density at radius 3 is 2.47 bits per heavy atom. The summed E-state index contributed by atoms with van der Waals surface area (Å²) in [5, 5.41) is -0.378. The predicted molar refractivity (Wildman–Crippen MR) is 51.0 cm³/mol. The topological polar surface area (TPSA) is 35.2 Å². The standard InChI is InChI=1S/C9H9ClF3NO/c10-8-5-6(15-4-3-14)1-2-7(8)9(11,12)13/h1-2,5H,3-4,14H2. The van der Waals surface area contributed by atoms with Crippen molar-refractivity contribution in [1.29, 1.82) is 0 Å². The first kappa shape index (κ1) is 12.1. The molecule has 0 spiro atoms. The molecule has 2 nitrogen and oxygen atoms in total. The molecule has 0 aliphatic carbocycles. The van der Waals surface area contributed by atoms with Gasteiger partial charge in [-0.2, -0.15) is 13.2 Å². The van der Waals surface area contributed by atoms with E-state index in [-0.39, 0.29) is 17.4 Å². The number of nitrogens with two attached hydrogens (primary N) is 1. The van der Waals surface area contributed by atoms with Crippen molar-refractivity contribution in [3.63, 3.8) is 0 Å². The van der Waals surface area contributed by atoms with Crippen molar-refractivity contribution in [3.05, 3.63) is 28.8 Å². The molecule has 0 saturated carbocycles. The lowest BCUT2D eigenvalue weighted by molar-refractivity contribution is -0.137. The summed E-state index contributed by atoms with van der Waals surface area (Å²) in [6, 6.07) is 3.22. The molecule has 0 aliphatic heterocycles. The minimum atomic E-state index is -4.44. The second kappa shape index (κ2) is 4.72. The molecule has 2 N–H and O–H groups in total. The second-order valence-electron chi connectivity index (χ2n) is 2.78. The minimum absolute atomic E-state index is 0.238. The highest BCUT2D eigenvalue weighted by Gasteiger charge is 2.33. The molecule has 1 aromatic rings. The van der Waals surface area contributed by atoms with Crippen molar-refractivity contribution in [3.8, 4) is 5.75 Å². The van der Waals surface area contributed by atoms with Crippen LogP contribution in [0.3, 0.4) is 0 Å². The van der Waals surface area contributed by atoms with Crippen LogP contribution in [0.15, 0.2) is 18.2 Å². The Labute approximate surface area is 89.8 Å². The number of hydrogen-bond donors (Lipinski definition) is 1. The summed E-state index contributed by atoms with van der Waals surface area (Å²) in [5.41, 5.74) is 4.30. The van der Waals surface area contributed by atoms with Crippen molar-refractivity contribution in [2.24, 2.45) is 5.73 Å². The molecule has 0 fully saturated rings. The molecule has 0 heterocycles. The van der Waals surface area contributed by atoms with E-state index in [4.69, 9.17) is 22.1 Å². The summed E-state index contributed by atoms with van der Waals surface area (Å²) in [6.45, 7) is 0.528. The molecular formula is C9H9ClF3NO. The lowest BCUT2D eigenvalue weighted by Gasteiger charge is -2.10. The second-order valence-corrected chi connectivity index (χ2v) is 3.18. The van der Waals surface area contributed by atoms with Gasteiger partial charge in [-0.1, -0.05) is 11.6 Å². The van der Waals surface area contributed by atoms with Gasteiger partial charge in [0.05, 0.1) is 10.6 Å². The largest absolute Gasteiger partial charge is 0.492 e. The maximum atomic E-state index is 12.3. The SMILES string of the molecule is NCCOc1ccc(C(F)(F)F)c(Cl)c1. The van der Waals surface area contributed by atoms with Crippen LogP contribution in [0.1, 0.15) is 5.56 Å². The van der Waals surface area contributed by atoms with Crippen molar-refractivity contribution in [2.75, 3.05) is 13.2 Å². The first-order valence-corrected chi connectivity index (χ1v) is 4.52. The summed E-state index contributed by atoms with van der Waals surface area (Å²) in [5.74, 6) is 0.276. The van der Waals surface area contributed by atoms with Gasteiger partial charge in [-0.15, -0.1) is 0 Å². The fraction of sp³-hybridized carbons (Fsp3) is 0.333. The molecule has 0 aromatic heterocycles. The fourth-order valence-corrected chi connectivity index (χ4v) is 1.27. The molecule has 1 aromatic carbocycles. The first-order chi connectivity index (χ1) is 6.95. The number of ether oxygens (including phenoxy) is 1. The van der Waals surface area contributed by atoms with Crippen LogP contribution in [0.5, 0.6) is 5.75 Å². The van der Waals surface area contributed by atoms with Crippen molar-refractivity contribution < 1.29 is 17.9 Å². The van der Waals surface area contributed by atoms with E-state index in [1.165, 1.54) is 6.07 Å². The third-order valence-corrected chi connectivity index (χ3v) is 1.95. The molecule has 0 atom stereocenters. The summed E-state index contributed by atoms with van der Waals surface area (Å²) in [7, 11) is 0. The molecule has 0 saturated heterocycles. The van der Waals surface area contributed by atoms with Gasteiger partial charge in [0, 0.05) is 6.54 Å². The van der Waals surface area contributed by atoms with Crippen molar-refractivity contribution in [1.82, 2.24) is 0 Å². The Morgan fingerprint density at radius 1 is 1.33 bits per heavy atom. The minimum Gasteiger partial charge on any atom is -0.492 e. The molecule has 0 bridgehead atoms. The van der Waals surface area contributed by atoms with Crippen LogP contribution in [-0.2, 0) is 6.18 Å². The molecule has 84 valence electrons. The molecule has 1 rings (SSSR count). The van der Waals surface area contributed by atoms with E-state index < -0.39 is 11.7 Å². The van der Waals surface area contributed by atoms with Crippen LogP contribution < -0.4 is 10.5 Å². The zero-order valence-corrected chi connectivity index (χ0v) is 8.40. The molecule has 6 heteroatoms. The van der Waals surface area contributed by atoms with Gasteiger partial charge in [-0.3, -0.25) is 0 Å². The number of hydrogen-bond acceptors (Lipinski definition) is 2. The quantitative estimate of drug-likeness (QED) is 0.880. The van der Waals surface area contributed by atoms with E-state index in [0.717, 1.165) is 12.1 Å². The highest BCUT2D eigenvalue weighted by Crippen LogP contribution is 2.36. The average molecular weight is 240 g/mol. The van der Waals surface area contributed by atoms with E-state index >= 15 is 0 Å². The zero-order valence-electron chi connectivity index (χ0n) is 7.64. The maximum Gasteiger partial charge on any atom is 0.417 e. The Hall–Kier alpha value is -0.940. The van der Waals surface area contributed by atoms with Crippen LogP contribution in [0.25, 0.3) is 0 Å². The average Bonchev–Trinajstić information content (AvgIpc) is 2.12. The smallest absolute Gasteiger partial charge is 0.417 e. The maximum absolute atomic E-state index is 12.3. The van der Waals surface area contributed by atoms with Gasteiger partial charge in [0.2, 0.25) is 0 Å². The lowest BCUT2D eigenvalue weighted by Crippen LogP contribution is -2.11. The highest BCUT2D eigenvalue weighted by atomic mass is 35.5. The fourth-order valence-electron chi connectivity index (χ4n) is 0.992. The van der Waals surface area contributed by atoms with Gasteiger partial charge < -0.3 is 10.5 Å². The molecule has 15 heavy (non-hydrogen) atoms. The number of benzene rings is 1. The van der Waals surface area contributed by atoms with Gasteiger partial charge in [0.1, 0.15) is 12.4 Å². The van der Waals surface area contributed by atoms with Gasteiger partial charge in [0.25, 0.3) is 0 Å². The summed E-state index contributed by atoms with van der Waals surface area (Å²) in [6.07, 6.45) is -4.44. The number of halogens is 4. The Kier molecular flexibility index (Phi) is 3.82. The lowest BCUT2D eigenvalue weighted by atomic mass is 10.2. The molecule has 0 radical (unpaired) electrons. The summed E-state index contributed by atoms with van der Waals surface area (Å²) in [4.78, 5) is 0. The van der Waals surface area contributed by atoms with Crippen LogP contribution >= 0.6 is 11.6 Å². The van der Waals surface area contributed by atoms with E-state index in [0.29, 0.717) is 6.54 Å². The van der Waals surface area contributed by atoms with E-state index in [1.807, 2.05) is 0 Å². The third kappa shape index (κ3) is 3.28. The van der Waals surface area contributed by atoms with Gasteiger partial charge in [-0.05, 0) is 18.2 Å². The van der Waals surface area contributed by atoms with Crippen molar-refractivity contribution >= 4 is 11.6 Å². The monoisotopic (exact) mass is 239 g/mol. The number of alkyl halides is 3. The number of rotatable bonds is 3. The summed E-state index contributed by atoms with van der Waals surface area (Å²) < 4.78 is 41.9. The van der Waals surface area contributed by atoms with Crippen LogP contribution in [0.4, 0.5) is 13.2 Å². The van der Waals surface area contributed by atoms with E-state index in [9.17, 15) is 13.2 Å². The van der Waals surface area contributed by atoms with Crippen LogP contribution in [0, 0.1) is 0 Å². The summed E-state index contributed by atoms with van der Waals surface area (Å²) >= 11 is 5.46.